The van der Waals surface area contributed by atoms with Gasteiger partial charge in [-0.3, -0.25) is 4.99 Å². The molecule has 22 heavy (non-hydrogen) atoms. The maximum atomic E-state index is 6.10. The number of morpholine rings is 1. The molecule has 1 fully saturated rings. The average Bonchev–Trinajstić information content (AvgIpc) is 2.53. The van der Waals surface area contributed by atoms with Crippen molar-refractivity contribution in [3.63, 3.8) is 0 Å². The van der Waals surface area contributed by atoms with Crippen molar-refractivity contribution in [2.24, 2.45) is 10.7 Å². The number of aryl methyl sites for hydroxylation is 1. The average molecular weight is 417 g/mol. The van der Waals surface area contributed by atoms with Crippen LogP contribution in [0.5, 0.6) is 0 Å². The molecule has 0 saturated carbocycles. The quantitative estimate of drug-likeness (QED) is 0.466. The molecule has 0 bridgehead atoms. The van der Waals surface area contributed by atoms with Crippen molar-refractivity contribution in [1.82, 2.24) is 4.90 Å². The minimum atomic E-state index is -0.0107. The summed E-state index contributed by atoms with van der Waals surface area (Å²) in [4.78, 5) is 6.70. The highest BCUT2D eigenvalue weighted by molar-refractivity contribution is 14.0. The largest absolute Gasteiger partial charge is 0.378 e. The Hall–Kier alpha value is -0.820. The number of nitrogens with two attached hydrogens (primary N) is 1. The molecular formula is C17H28IN3O. The Morgan fingerprint density at radius 3 is 2.36 bits per heavy atom. The number of hydrogen-bond donors (Lipinski definition) is 1. The van der Waals surface area contributed by atoms with Crippen LogP contribution in [0.2, 0.25) is 0 Å². The van der Waals surface area contributed by atoms with E-state index in [1.807, 2.05) is 0 Å². The summed E-state index contributed by atoms with van der Waals surface area (Å²) in [5.41, 5.74) is 8.76. The predicted molar refractivity (Wildman–Crippen MR) is 103 cm³/mol. The summed E-state index contributed by atoms with van der Waals surface area (Å²) >= 11 is 0. The minimum absolute atomic E-state index is 0. The Morgan fingerprint density at radius 2 is 1.82 bits per heavy atom. The van der Waals surface area contributed by atoms with Crippen LogP contribution < -0.4 is 5.73 Å². The molecule has 0 amide bonds. The van der Waals surface area contributed by atoms with Gasteiger partial charge in [0.15, 0.2) is 5.96 Å². The SMILES string of the molecule is CCc1ccc(C(C)(C)CN=C(N)N2CCOCC2)cc1.I. The molecular weight excluding hydrogens is 389 g/mol. The maximum absolute atomic E-state index is 6.10. The highest BCUT2D eigenvalue weighted by atomic mass is 127. The molecule has 0 unspecified atom stereocenters. The van der Waals surface area contributed by atoms with Crippen molar-refractivity contribution in [2.75, 3.05) is 32.8 Å². The summed E-state index contributed by atoms with van der Waals surface area (Å²) in [6.45, 7) is 10.4. The van der Waals surface area contributed by atoms with Gasteiger partial charge in [0, 0.05) is 18.5 Å². The van der Waals surface area contributed by atoms with Crippen LogP contribution in [-0.4, -0.2) is 43.7 Å². The van der Waals surface area contributed by atoms with Crippen LogP contribution in [0.1, 0.15) is 31.9 Å². The second-order valence-electron chi connectivity index (χ2n) is 6.21. The van der Waals surface area contributed by atoms with E-state index in [4.69, 9.17) is 10.5 Å². The van der Waals surface area contributed by atoms with Gasteiger partial charge in [0.25, 0.3) is 0 Å². The Balaban J connectivity index is 0.00000242. The lowest BCUT2D eigenvalue weighted by Gasteiger charge is -2.29. The van der Waals surface area contributed by atoms with E-state index in [1.165, 1.54) is 11.1 Å². The van der Waals surface area contributed by atoms with Crippen molar-refractivity contribution in [3.8, 4) is 0 Å². The molecule has 2 rings (SSSR count). The molecule has 0 atom stereocenters. The number of ether oxygens (including phenoxy) is 1. The molecule has 0 aliphatic carbocycles. The van der Waals surface area contributed by atoms with Crippen molar-refractivity contribution in [3.05, 3.63) is 35.4 Å². The van der Waals surface area contributed by atoms with Crippen molar-refractivity contribution in [1.29, 1.82) is 0 Å². The predicted octanol–water partition coefficient (Wildman–Crippen LogP) is 2.79. The third kappa shape index (κ3) is 5.12. The Morgan fingerprint density at radius 1 is 1.23 bits per heavy atom. The Labute approximate surface area is 151 Å². The van der Waals surface area contributed by atoms with Crippen molar-refractivity contribution in [2.45, 2.75) is 32.6 Å². The number of aliphatic imine (C=N–C) groups is 1. The van der Waals surface area contributed by atoms with Gasteiger partial charge in [-0.25, -0.2) is 0 Å². The number of halogens is 1. The maximum Gasteiger partial charge on any atom is 0.191 e. The van der Waals surface area contributed by atoms with Crippen molar-refractivity contribution < 1.29 is 4.74 Å². The van der Waals surface area contributed by atoms with E-state index in [2.05, 4.69) is 54.9 Å². The van der Waals surface area contributed by atoms with Crippen LogP contribution in [0.3, 0.4) is 0 Å². The summed E-state index contributed by atoms with van der Waals surface area (Å²) in [5, 5.41) is 0. The van der Waals surface area contributed by atoms with Gasteiger partial charge < -0.3 is 15.4 Å². The molecule has 0 aromatic heterocycles. The molecule has 1 heterocycles. The molecule has 2 N–H and O–H groups in total. The third-order valence-corrected chi connectivity index (χ3v) is 4.12. The molecule has 1 aliphatic heterocycles. The van der Waals surface area contributed by atoms with Gasteiger partial charge in [-0.15, -0.1) is 24.0 Å². The number of nitrogens with zero attached hydrogens (tertiary/aromatic N) is 2. The van der Waals surface area contributed by atoms with E-state index in [-0.39, 0.29) is 29.4 Å². The normalized spacial score (nSPS) is 16.3. The van der Waals surface area contributed by atoms with Crippen LogP contribution in [-0.2, 0) is 16.6 Å². The standard InChI is InChI=1S/C17H27N3O.HI/c1-4-14-5-7-15(8-6-14)17(2,3)13-19-16(18)20-9-11-21-12-10-20;/h5-8H,4,9-13H2,1-3H3,(H2,18,19);1H. The zero-order valence-electron chi connectivity index (χ0n) is 13.8. The van der Waals surface area contributed by atoms with Crippen LogP contribution in [0, 0.1) is 0 Å². The third-order valence-electron chi connectivity index (χ3n) is 4.12. The van der Waals surface area contributed by atoms with Gasteiger partial charge in [0.05, 0.1) is 19.8 Å². The first-order chi connectivity index (χ1) is 10.0. The summed E-state index contributed by atoms with van der Waals surface area (Å²) in [7, 11) is 0. The highest BCUT2D eigenvalue weighted by Gasteiger charge is 2.21. The van der Waals surface area contributed by atoms with E-state index >= 15 is 0 Å². The van der Waals surface area contributed by atoms with Gasteiger partial charge >= 0.3 is 0 Å². The molecule has 1 aliphatic rings. The first-order valence-electron chi connectivity index (χ1n) is 7.75. The Kier molecular flexibility index (Phi) is 7.62. The summed E-state index contributed by atoms with van der Waals surface area (Å²) in [6.07, 6.45) is 1.07. The highest BCUT2D eigenvalue weighted by Crippen LogP contribution is 2.24. The second-order valence-corrected chi connectivity index (χ2v) is 6.21. The lowest BCUT2D eigenvalue weighted by Crippen LogP contribution is -2.45. The summed E-state index contributed by atoms with van der Waals surface area (Å²) in [6, 6.07) is 8.82. The lowest BCUT2D eigenvalue weighted by atomic mass is 9.84. The van der Waals surface area contributed by atoms with Gasteiger partial charge in [0.2, 0.25) is 0 Å². The molecule has 124 valence electrons. The van der Waals surface area contributed by atoms with Crippen LogP contribution in [0.4, 0.5) is 0 Å². The molecule has 0 spiro atoms. The zero-order valence-corrected chi connectivity index (χ0v) is 16.2. The van der Waals surface area contributed by atoms with E-state index in [1.54, 1.807) is 0 Å². The molecule has 0 radical (unpaired) electrons. The topological polar surface area (TPSA) is 50.8 Å². The van der Waals surface area contributed by atoms with Gasteiger partial charge in [-0.2, -0.15) is 0 Å². The van der Waals surface area contributed by atoms with E-state index in [9.17, 15) is 0 Å². The number of rotatable bonds is 4. The molecule has 1 aromatic rings. The Bertz CT molecular complexity index is 479. The first kappa shape index (κ1) is 19.2. The lowest BCUT2D eigenvalue weighted by molar-refractivity contribution is 0.0674. The molecule has 5 heteroatoms. The van der Waals surface area contributed by atoms with Gasteiger partial charge in [-0.05, 0) is 17.5 Å². The number of benzene rings is 1. The fourth-order valence-electron chi connectivity index (χ4n) is 2.45. The molecule has 1 saturated heterocycles. The monoisotopic (exact) mass is 417 g/mol. The van der Waals surface area contributed by atoms with Gasteiger partial charge in [-0.1, -0.05) is 45.0 Å². The van der Waals surface area contributed by atoms with E-state index in [0.717, 1.165) is 32.7 Å². The van der Waals surface area contributed by atoms with E-state index < -0.39 is 0 Å². The minimum Gasteiger partial charge on any atom is -0.378 e. The fourth-order valence-corrected chi connectivity index (χ4v) is 2.45. The van der Waals surface area contributed by atoms with E-state index in [0.29, 0.717) is 12.5 Å². The number of guanidine groups is 1. The second kappa shape index (κ2) is 8.72. The summed E-state index contributed by atoms with van der Waals surface area (Å²) in [5.74, 6) is 0.636. The van der Waals surface area contributed by atoms with Crippen molar-refractivity contribution >= 4 is 29.9 Å². The summed E-state index contributed by atoms with van der Waals surface area (Å²) < 4.78 is 5.33. The van der Waals surface area contributed by atoms with Crippen LogP contribution in [0.25, 0.3) is 0 Å². The number of hydrogen-bond acceptors (Lipinski definition) is 2. The van der Waals surface area contributed by atoms with Crippen LogP contribution >= 0.6 is 24.0 Å². The zero-order chi connectivity index (χ0) is 15.3. The first-order valence-corrected chi connectivity index (χ1v) is 7.75. The van der Waals surface area contributed by atoms with Crippen LogP contribution in [0.15, 0.2) is 29.3 Å². The smallest absolute Gasteiger partial charge is 0.191 e. The van der Waals surface area contributed by atoms with Gasteiger partial charge in [0.1, 0.15) is 0 Å². The molecule has 1 aromatic carbocycles. The molecule has 4 nitrogen and oxygen atoms in total. The fraction of sp³-hybridized carbons (Fsp3) is 0.588.